The van der Waals surface area contributed by atoms with Crippen molar-refractivity contribution in [2.24, 2.45) is 0 Å². The molecule has 1 aromatic carbocycles. The summed E-state index contributed by atoms with van der Waals surface area (Å²) in [6.07, 6.45) is 2.16. The van der Waals surface area contributed by atoms with E-state index in [-0.39, 0.29) is 5.91 Å². The highest BCUT2D eigenvalue weighted by molar-refractivity contribution is 9.10. The van der Waals surface area contributed by atoms with Gasteiger partial charge in [-0.3, -0.25) is 4.79 Å². The molecule has 1 fully saturated rings. The predicted octanol–water partition coefficient (Wildman–Crippen LogP) is 2.41. The second kappa shape index (κ2) is 5.51. The van der Waals surface area contributed by atoms with Crippen molar-refractivity contribution >= 4 is 27.5 Å². The molecule has 2 rings (SSSR count). The number of hydrogen-bond donors (Lipinski definition) is 2. The predicted molar refractivity (Wildman–Crippen MR) is 78.9 cm³/mol. The number of nitrogen functional groups attached to an aromatic ring is 1. The van der Waals surface area contributed by atoms with Crippen molar-refractivity contribution in [3.63, 3.8) is 0 Å². The zero-order chi connectivity index (χ0) is 14.0. The summed E-state index contributed by atoms with van der Waals surface area (Å²) in [5.74, 6) is -0.0307. The van der Waals surface area contributed by atoms with Crippen molar-refractivity contribution < 1.29 is 9.90 Å². The molecule has 0 radical (unpaired) electrons. The number of aliphatic hydroxyl groups is 1. The second-order valence-corrected chi connectivity index (χ2v) is 6.24. The Hall–Kier alpha value is -1.07. The monoisotopic (exact) mass is 326 g/mol. The van der Waals surface area contributed by atoms with Crippen molar-refractivity contribution in [2.75, 3.05) is 18.8 Å². The molecule has 1 unspecified atom stereocenters. The van der Waals surface area contributed by atoms with E-state index >= 15 is 0 Å². The van der Waals surface area contributed by atoms with Crippen LogP contribution in [0.25, 0.3) is 0 Å². The van der Waals surface area contributed by atoms with Gasteiger partial charge in [0, 0.05) is 23.2 Å². The number of anilines is 1. The smallest absolute Gasteiger partial charge is 0.255 e. The van der Waals surface area contributed by atoms with Crippen LogP contribution in [0.15, 0.2) is 22.7 Å². The van der Waals surface area contributed by atoms with Gasteiger partial charge in [0.25, 0.3) is 5.91 Å². The molecule has 1 aliphatic rings. The Kier molecular flexibility index (Phi) is 4.16. The van der Waals surface area contributed by atoms with Gasteiger partial charge in [-0.2, -0.15) is 0 Å². The lowest BCUT2D eigenvalue weighted by Gasteiger charge is -2.23. The van der Waals surface area contributed by atoms with E-state index in [9.17, 15) is 9.90 Å². The summed E-state index contributed by atoms with van der Waals surface area (Å²) in [4.78, 5) is 14.3. The van der Waals surface area contributed by atoms with Crippen molar-refractivity contribution in [1.82, 2.24) is 4.90 Å². The van der Waals surface area contributed by atoms with Crippen LogP contribution in [0.1, 0.15) is 36.5 Å². The molecule has 1 aromatic rings. The van der Waals surface area contributed by atoms with E-state index in [1.165, 1.54) is 0 Å². The molecule has 5 heteroatoms. The Balaban J connectivity index is 2.17. The van der Waals surface area contributed by atoms with Crippen LogP contribution in [0.4, 0.5) is 5.69 Å². The number of carbonyl (C=O) groups excluding carboxylic acids is 1. The van der Waals surface area contributed by atoms with Crippen molar-refractivity contribution in [3.05, 3.63) is 28.2 Å². The van der Waals surface area contributed by atoms with Crippen LogP contribution in [0.3, 0.4) is 0 Å². The molecule has 19 heavy (non-hydrogen) atoms. The van der Waals surface area contributed by atoms with Crippen LogP contribution in [0.5, 0.6) is 0 Å². The van der Waals surface area contributed by atoms with E-state index < -0.39 is 5.60 Å². The molecule has 4 nitrogen and oxygen atoms in total. The van der Waals surface area contributed by atoms with Crippen molar-refractivity contribution in [2.45, 2.75) is 31.8 Å². The molecular formula is C14H19BrN2O2. The SMILES string of the molecule is CC1(O)CCCN(C(=O)c2cc(N)ccc2Br)CC1. The van der Waals surface area contributed by atoms with Gasteiger partial charge in [-0.25, -0.2) is 0 Å². The minimum Gasteiger partial charge on any atom is -0.399 e. The summed E-state index contributed by atoms with van der Waals surface area (Å²) in [6.45, 7) is 3.08. The third-order valence-corrected chi connectivity index (χ3v) is 4.26. The molecule has 1 saturated heterocycles. The molecule has 3 N–H and O–H groups in total. The summed E-state index contributed by atoms with van der Waals surface area (Å²) < 4.78 is 0.753. The number of benzene rings is 1. The van der Waals surface area contributed by atoms with Gasteiger partial charge in [-0.05, 0) is 60.3 Å². The molecule has 1 amide bonds. The summed E-state index contributed by atoms with van der Waals surface area (Å²) in [5, 5.41) is 10.1. The molecule has 1 aliphatic heterocycles. The number of halogens is 1. The van der Waals surface area contributed by atoms with Crippen LogP contribution in [0.2, 0.25) is 0 Å². The van der Waals surface area contributed by atoms with Gasteiger partial charge < -0.3 is 15.7 Å². The second-order valence-electron chi connectivity index (χ2n) is 5.38. The largest absolute Gasteiger partial charge is 0.399 e. The molecule has 1 atom stereocenters. The third-order valence-electron chi connectivity index (χ3n) is 3.57. The molecular weight excluding hydrogens is 308 g/mol. The maximum atomic E-state index is 12.5. The zero-order valence-corrected chi connectivity index (χ0v) is 12.6. The Bertz CT molecular complexity index is 488. The van der Waals surface area contributed by atoms with Gasteiger partial charge in [-0.1, -0.05) is 0 Å². The molecule has 104 valence electrons. The first kappa shape index (κ1) is 14.3. The van der Waals surface area contributed by atoms with E-state index in [4.69, 9.17) is 5.73 Å². The summed E-state index contributed by atoms with van der Waals surface area (Å²) >= 11 is 3.39. The van der Waals surface area contributed by atoms with Crippen molar-refractivity contribution in [1.29, 1.82) is 0 Å². The topological polar surface area (TPSA) is 66.6 Å². The van der Waals surface area contributed by atoms with Crippen molar-refractivity contribution in [3.8, 4) is 0 Å². The lowest BCUT2D eigenvalue weighted by molar-refractivity contribution is 0.0438. The van der Waals surface area contributed by atoms with Crippen LogP contribution >= 0.6 is 15.9 Å². The average molecular weight is 327 g/mol. The number of rotatable bonds is 1. The number of amides is 1. The maximum absolute atomic E-state index is 12.5. The average Bonchev–Trinajstić information content (AvgIpc) is 2.52. The Labute approximate surface area is 121 Å². The van der Waals surface area contributed by atoms with Gasteiger partial charge in [0.05, 0.1) is 11.2 Å². The highest BCUT2D eigenvalue weighted by Gasteiger charge is 2.28. The lowest BCUT2D eigenvalue weighted by Crippen LogP contribution is -2.33. The minimum absolute atomic E-state index is 0.0307. The van der Waals surface area contributed by atoms with Crippen LogP contribution < -0.4 is 5.73 Å². The summed E-state index contributed by atoms with van der Waals surface area (Å²) in [5.41, 5.74) is 6.23. The summed E-state index contributed by atoms with van der Waals surface area (Å²) in [6, 6.07) is 5.24. The zero-order valence-electron chi connectivity index (χ0n) is 11.0. The number of nitrogens with two attached hydrogens (primary N) is 1. The van der Waals surface area contributed by atoms with Gasteiger partial charge in [0.15, 0.2) is 0 Å². The van der Waals surface area contributed by atoms with E-state index in [0.29, 0.717) is 30.8 Å². The molecule has 1 heterocycles. The Morgan fingerprint density at radius 2 is 2.16 bits per heavy atom. The third kappa shape index (κ3) is 3.48. The minimum atomic E-state index is -0.665. The van der Waals surface area contributed by atoms with Crippen LogP contribution in [-0.2, 0) is 0 Å². The Morgan fingerprint density at radius 1 is 1.42 bits per heavy atom. The van der Waals surface area contributed by atoms with Gasteiger partial charge in [0.1, 0.15) is 0 Å². The fourth-order valence-electron chi connectivity index (χ4n) is 2.34. The molecule has 0 aliphatic carbocycles. The van der Waals surface area contributed by atoms with E-state index in [2.05, 4.69) is 15.9 Å². The standard InChI is InChI=1S/C14H19BrN2O2/c1-14(19)5-2-7-17(8-6-14)13(18)11-9-10(16)3-4-12(11)15/h3-4,9,19H,2,5-8,16H2,1H3. The Morgan fingerprint density at radius 3 is 2.89 bits per heavy atom. The van der Waals surface area contributed by atoms with Crippen LogP contribution in [-0.4, -0.2) is 34.6 Å². The molecule has 0 bridgehead atoms. The highest BCUT2D eigenvalue weighted by Crippen LogP contribution is 2.25. The van der Waals surface area contributed by atoms with E-state index in [0.717, 1.165) is 17.3 Å². The fraction of sp³-hybridized carbons (Fsp3) is 0.500. The lowest BCUT2D eigenvalue weighted by atomic mass is 9.98. The van der Waals surface area contributed by atoms with Crippen LogP contribution in [0, 0.1) is 0 Å². The van der Waals surface area contributed by atoms with Gasteiger partial charge in [0.2, 0.25) is 0 Å². The van der Waals surface area contributed by atoms with Gasteiger partial charge in [-0.15, -0.1) is 0 Å². The number of likely N-dealkylation sites (tertiary alicyclic amines) is 1. The highest BCUT2D eigenvalue weighted by atomic mass is 79.9. The maximum Gasteiger partial charge on any atom is 0.255 e. The van der Waals surface area contributed by atoms with E-state index in [1.54, 1.807) is 23.1 Å². The number of carbonyl (C=O) groups is 1. The molecule has 0 aromatic heterocycles. The quantitative estimate of drug-likeness (QED) is 0.779. The number of hydrogen-bond acceptors (Lipinski definition) is 3. The molecule has 0 spiro atoms. The molecule has 0 saturated carbocycles. The van der Waals surface area contributed by atoms with Gasteiger partial charge >= 0.3 is 0 Å². The summed E-state index contributed by atoms with van der Waals surface area (Å²) in [7, 11) is 0. The normalized spacial score (nSPS) is 24.1. The first-order valence-electron chi connectivity index (χ1n) is 6.46. The number of nitrogens with zero attached hydrogens (tertiary/aromatic N) is 1. The van der Waals surface area contributed by atoms with E-state index in [1.807, 2.05) is 6.92 Å². The first-order valence-corrected chi connectivity index (χ1v) is 7.25. The fourth-order valence-corrected chi connectivity index (χ4v) is 2.76. The first-order chi connectivity index (χ1) is 8.89.